The third-order valence-corrected chi connectivity index (χ3v) is 6.24. The summed E-state index contributed by atoms with van der Waals surface area (Å²) >= 11 is 0. The topological polar surface area (TPSA) is 89.5 Å². The van der Waals surface area contributed by atoms with Crippen molar-refractivity contribution in [1.29, 1.82) is 0 Å². The highest BCUT2D eigenvalue weighted by molar-refractivity contribution is 7.92. The second-order valence-corrected chi connectivity index (χ2v) is 8.20. The van der Waals surface area contributed by atoms with Gasteiger partial charge in [-0.3, -0.25) is 4.72 Å². The van der Waals surface area contributed by atoms with Gasteiger partial charge in [-0.25, -0.2) is 8.42 Å². The standard InChI is InChI=1S/C19H22N2O4S/c1-13-11-15(19(22)23)12-18(14(13)2)26(24,25)20-16-5-7-17(8-6-16)21-9-3-4-10-21/h5-8,11-12,20H,3-4,9-10H2,1-2H3,(H,22,23)/p-1. The Morgan fingerprint density at radius 1 is 1.08 bits per heavy atom. The van der Waals surface area contributed by atoms with E-state index in [-0.39, 0.29) is 10.5 Å². The molecule has 0 amide bonds. The Labute approximate surface area is 153 Å². The molecule has 2 aromatic carbocycles. The molecule has 26 heavy (non-hydrogen) atoms. The van der Waals surface area contributed by atoms with Crippen molar-refractivity contribution in [3.05, 3.63) is 53.1 Å². The van der Waals surface area contributed by atoms with Crippen LogP contribution in [0.3, 0.4) is 0 Å². The predicted octanol–water partition coefficient (Wildman–Crippen LogP) is 2.07. The minimum atomic E-state index is -3.91. The van der Waals surface area contributed by atoms with Crippen LogP contribution < -0.4 is 14.7 Å². The third kappa shape index (κ3) is 3.67. The molecule has 0 spiro atoms. The van der Waals surface area contributed by atoms with E-state index >= 15 is 0 Å². The van der Waals surface area contributed by atoms with Crippen molar-refractivity contribution < 1.29 is 18.3 Å². The molecule has 1 saturated heterocycles. The van der Waals surface area contributed by atoms with E-state index in [4.69, 9.17) is 0 Å². The molecule has 3 rings (SSSR count). The summed E-state index contributed by atoms with van der Waals surface area (Å²) in [5, 5.41) is 11.1. The van der Waals surface area contributed by atoms with Crippen LogP contribution in [0.4, 0.5) is 11.4 Å². The molecular weight excluding hydrogens is 352 g/mol. The van der Waals surface area contributed by atoms with Crippen LogP contribution in [0.2, 0.25) is 0 Å². The smallest absolute Gasteiger partial charge is 0.262 e. The number of carboxylic acid groups (broad SMARTS) is 1. The zero-order valence-electron chi connectivity index (χ0n) is 14.8. The van der Waals surface area contributed by atoms with Crippen molar-refractivity contribution in [2.24, 2.45) is 0 Å². The van der Waals surface area contributed by atoms with E-state index in [1.807, 2.05) is 12.1 Å². The summed E-state index contributed by atoms with van der Waals surface area (Å²) in [6.07, 6.45) is 2.34. The Bertz CT molecular complexity index is 931. The molecule has 2 aromatic rings. The number of benzene rings is 2. The number of carboxylic acids is 1. The number of aromatic carboxylic acids is 1. The summed E-state index contributed by atoms with van der Waals surface area (Å²) in [5.41, 5.74) is 2.44. The van der Waals surface area contributed by atoms with E-state index in [0.29, 0.717) is 16.8 Å². The van der Waals surface area contributed by atoms with Crippen LogP contribution >= 0.6 is 0 Å². The fourth-order valence-electron chi connectivity index (χ4n) is 3.15. The number of aryl methyl sites for hydroxylation is 1. The molecular formula is C19H21N2O4S-. The van der Waals surface area contributed by atoms with Crippen molar-refractivity contribution >= 4 is 27.4 Å². The van der Waals surface area contributed by atoms with Gasteiger partial charge in [-0.1, -0.05) is 0 Å². The lowest BCUT2D eigenvalue weighted by Gasteiger charge is -2.18. The number of hydrogen-bond acceptors (Lipinski definition) is 5. The number of hydrogen-bond donors (Lipinski definition) is 1. The highest BCUT2D eigenvalue weighted by Crippen LogP contribution is 2.26. The van der Waals surface area contributed by atoms with Crippen molar-refractivity contribution in [3.8, 4) is 0 Å². The molecule has 0 bridgehead atoms. The van der Waals surface area contributed by atoms with Gasteiger partial charge >= 0.3 is 0 Å². The van der Waals surface area contributed by atoms with Crippen molar-refractivity contribution in [2.75, 3.05) is 22.7 Å². The highest BCUT2D eigenvalue weighted by Gasteiger charge is 2.20. The van der Waals surface area contributed by atoms with Crippen LogP contribution in [-0.4, -0.2) is 27.5 Å². The van der Waals surface area contributed by atoms with Gasteiger partial charge in [0.1, 0.15) is 0 Å². The molecule has 0 atom stereocenters. The van der Waals surface area contributed by atoms with Crippen LogP contribution in [0.1, 0.15) is 34.3 Å². The average Bonchev–Trinajstić information content (AvgIpc) is 3.11. The van der Waals surface area contributed by atoms with E-state index in [0.717, 1.165) is 24.8 Å². The van der Waals surface area contributed by atoms with Crippen LogP contribution in [0.15, 0.2) is 41.3 Å². The van der Waals surface area contributed by atoms with Gasteiger partial charge in [0.05, 0.1) is 10.9 Å². The Morgan fingerprint density at radius 2 is 1.69 bits per heavy atom. The Morgan fingerprint density at radius 3 is 2.27 bits per heavy atom. The molecule has 0 aromatic heterocycles. The van der Waals surface area contributed by atoms with E-state index < -0.39 is 16.0 Å². The average molecular weight is 373 g/mol. The zero-order chi connectivity index (χ0) is 18.9. The first kappa shape index (κ1) is 18.3. The second kappa shape index (κ2) is 6.99. The van der Waals surface area contributed by atoms with Gasteiger partial charge in [0.25, 0.3) is 10.0 Å². The van der Waals surface area contributed by atoms with Gasteiger partial charge in [0.15, 0.2) is 0 Å². The quantitative estimate of drug-likeness (QED) is 0.867. The molecule has 1 aliphatic heterocycles. The summed E-state index contributed by atoms with van der Waals surface area (Å²) in [7, 11) is -3.91. The first-order chi connectivity index (χ1) is 12.3. The molecule has 0 saturated carbocycles. The number of rotatable bonds is 5. The van der Waals surface area contributed by atoms with Crippen molar-refractivity contribution in [1.82, 2.24) is 0 Å². The maximum Gasteiger partial charge on any atom is 0.262 e. The minimum absolute atomic E-state index is 0.0553. The second-order valence-electron chi connectivity index (χ2n) is 6.55. The summed E-state index contributed by atoms with van der Waals surface area (Å²) in [5.74, 6) is -1.40. The highest BCUT2D eigenvalue weighted by atomic mass is 32.2. The van der Waals surface area contributed by atoms with Crippen LogP contribution in [0, 0.1) is 13.8 Å². The molecule has 1 N–H and O–H groups in total. The van der Waals surface area contributed by atoms with E-state index in [2.05, 4.69) is 9.62 Å². The fraction of sp³-hybridized carbons (Fsp3) is 0.316. The zero-order valence-corrected chi connectivity index (χ0v) is 15.6. The third-order valence-electron chi connectivity index (χ3n) is 4.74. The van der Waals surface area contributed by atoms with E-state index in [1.54, 1.807) is 26.0 Å². The molecule has 1 fully saturated rings. The fourth-order valence-corrected chi connectivity index (χ4v) is 4.55. The monoisotopic (exact) mass is 373 g/mol. The van der Waals surface area contributed by atoms with E-state index in [9.17, 15) is 18.3 Å². The number of sulfonamides is 1. The number of carbonyl (C=O) groups excluding carboxylic acids is 1. The summed E-state index contributed by atoms with van der Waals surface area (Å²) in [4.78, 5) is 13.3. The Hall–Kier alpha value is -2.54. The molecule has 7 heteroatoms. The largest absolute Gasteiger partial charge is 0.545 e. The molecule has 0 aliphatic carbocycles. The first-order valence-electron chi connectivity index (χ1n) is 8.48. The number of nitrogens with one attached hydrogen (secondary N) is 1. The summed E-state index contributed by atoms with van der Waals surface area (Å²) in [6.45, 7) is 5.35. The molecule has 6 nitrogen and oxygen atoms in total. The lowest BCUT2D eigenvalue weighted by molar-refractivity contribution is -0.255. The minimum Gasteiger partial charge on any atom is -0.545 e. The van der Waals surface area contributed by atoms with Gasteiger partial charge < -0.3 is 14.8 Å². The number of carbonyl (C=O) groups is 1. The first-order valence-corrected chi connectivity index (χ1v) is 9.97. The lowest BCUT2D eigenvalue weighted by Crippen LogP contribution is -2.24. The van der Waals surface area contributed by atoms with E-state index in [1.165, 1.54) is 18.9 Å². The molecule has 0 radical (unpaired) electrons. The van der Waals surface area contributed by atoms with Crippen LogP contribution in [-0.2, 0) is 10.0 Å². The Kier molecular flexibility index (Phi) is 4.91. The SMILES string of the molecule is Cc1cc(C(=O)[O-])cc(S(=O)(=O)Nc2ccc(N3CCCC3)cc2)c1C. The maximum atomic E-state index is 12.8. The predicted molar refractivity (Wildman–Crippen MR) is 98.9 cm³/mol. The maximum absolute atomic E-state index is 12.8. The van der Waals surface area contributed by atoms with Gasteiger partial charge in [0.2, 0.25) is 0 Å². The van der Waals surface area contributed by atoms with Crippen molar-refractivity contribution in [3.63, 3.8) is 0 Å². The molecule has 1 aliphatic rings. The van der Waals surface area contributed by atoms with Gasteiger partial charge in [-0.2, -0.15) is 0 Å². The number of nitrogens with zero attached hydrogens (tertiary/aromatic N) is 1. The van der Waals surface area contributed by atoms with Gasteiger partial charge in [-0.05, 0) is 79.8 Å². The number of anilines is 2. The summed E-state index contributed by atoms with van der Waals surface area (Å²) in [6, 6.07) is 9.76. The van der Waals surface area contributed by atoms with Crippen LogP contribution in [0.25, 0.3) is 0 Å². The lowest BCUT2D eigenvalue weighted by atomic mass is 10.1. The molecule has 1 heterocycles. The molecule has 138 valence electrons. The van der Waals surface area contributed by atoms with Gasteiger partial charge in [0, 0.05) is 24.5 Å². The van der Waals surface area contributed by atoms with Gasteiger partial charge in [-0.15, -0.1) is 0 Å². The Balaban J connectivity index is 1.88. The normalized spacial score (nSPS) is 14.5. The molecule has 0 unspecified atom stereocenters. The van der Waals surface area contributed by atoms with Crippen molar-refractivity contribution in [2.45, 2.75) is 31.6 Å². The van der Waals surface area contributed by atoms with Crippen LogP contribution in [0.5, 0.6) is 0 Å². The summed E-state index contributed by atoms with van der Waals surface area (Å²) < 4.78 is 28.0.